The number of thioether (sulfide) groups is 1. The summed E-state index contributed by atoms with van der Waals surface area (Å²) in [6.07, 6.45) is 7.04. The molecule has 0 N–H and O–H groups in total. The predicted molar refractivity (Wildman–Crippen MR) is 95.8 cm³/mol. The summed E-state index contributed by atoms with van der Waals surface area (Å²) in [5.74, 6) is 0.661. The fourth-order valence-electron chi connectivity index (χ4n) is 3.35. The second-order valence-electron chi connectivity index (χ2n) is 6.17. The summed E-state index contributed by atoms with van der Waals surface area (Å²) in [6.45, 7) is 0.672. The molecule has 0 bridgehead atoms. The molecule has 0 spiro atoms. The highest BCUT2D eigenvalue weighted by molar-refractivity contribution is 7.98. The van der Waals surface area contributed by atoms with Crippen molar-refractivity contribution in [2.45, 2.75) is 43.8 Å². The highest BCUT2D eigenvalue weighted by Crippen LogP contribution is 2.21. The van der Waals surface area contributed by atoms with Crippen LogP contribution < -0.4 is 5.56 Å². The first-order chi connectivity index (χ1) is 11.8. The van der Waals surface area contributed by atoms with Gasteiger partial charge in [-0.25, -0.2) is 4.98 Å². The molecule has 4 rings (SSSR count). The lowest BCUT2D eigenvalue weighted by atomic mass is 10.1. The molecule has 0 radical (unpaired) electrons. The molecule has 6 heteroatoms. The first-order valence-electron chi connectivity index (χ1n) is 8.37. The van der Waals surface area contributed by atoms with Crippen LogP contribution in [0.15, 0.2) is 40.3 Å². The van der Waals surface area contributed by atoms with E-state index in [0.29, 0.717) is 12.3 Å². The number of benzene rings is 1. The first-order valence-corrected chi connectivity index (χ1v) is 9.59. The number of fused-ring (bicyclic) bond motifs is 2. The van der Waals surface area contributed by atoms with Gasteiger partial charge < -0.3 is 0 Å². The maximum Gasteiger partial charge on any atom is 0.279 e. The van der Waals surface area contributed by atoms with Gasteiger partial charge in [-0.2, -0.15) is 4.52 Å². The SMILES string of the molecule is CSc1nn2c(=O)c3c(nc2n1Cc1ccccc1)CCCCC3. The Morgan fingerprint density at radius 3 is 2.71 bits per heavy atom. The van der Waals surface area contributed by atoms with E-state index in [0.717, 1.165) is 48.5 Å². The number of aromatic nitrogens is 4. The summed E-state index contributed by atoms with van der Waals surface area (Å²) < 4.78 is 3.55. The number of aryl methyl sites for hydroxylation is 1. The Labute approximate surface area is 144 Å². The Balaban J connectivity index is 1.91. The normalized spacial score (nSPS) is 14.5. The van der Waals surface area contributed by atoms with Gasteiger partial charge in [0.1, 0.15) is 0 Å². The zero-order valence-corrected chi connectivity index (χ0v) is 14.6. The molecule has 2 aromatic heterocycles. The van der Waals surface area contributed by atoms with Gasteiger partial charge in [0.05, 0.1) is 12.2 Å². The molecule has 1 aromatic carbocycles. The Morgan fingerprint density at radius 2 is 1.92 bits per heavy atom. The molecule has 2 heterocycles. The highest BCUT2D eigenvalue weighted by atomic mass is 32.2. The van der Waals surface area contributed by atoms with Crippen molar-refractivity contribution in [3.05, 3.63) is 57.5 Å². The predicted octanol–water partition coefficient (Wildman–Crippen LogP) is 2.93. The molecule has 1 aliphatic rings. The van der Waals surface area contributed by atoms with E-state index in [1.54, 1.807) is 11.8 Å². The molecular weight excluding hydrogens is 320 g/mol. The topological polar surface area (TPSA) is 52.2 Å². The van der Waals surface area contributed by atoms with Gasteiger partial charge >= 0.3 is 0 Å². The lowest BCUT2D eigenvalue weighted by Gasteiger charge is -2.08. The molecule has 0 amide bonds. The second-order valence-corrected chi connectivity index (χ2v) is 6.95. The summed E-state index contributed by atoms with van der Waals surface area (Å²) >= 11 is 1.55. The molecule has 1 aliphatic carbocycles. The summed E-state index contributed by atoms with van der Waals surface area (Å²) in [4.78, 5) is 17.7. The molecule has 124 valence electrons. The van der Waals surface area contributed by atoms with Crippen molar-refractivity contribution in [2.75, 3.05) is 6.26 Å². The fourth-order valence-corrected chi connectivity index (χ4v) is 3.88. The number of hydrogen-bond acceptors (Lipinski definition) is 4. The van der Waals surface area contributed by atoms with Gasteiger partial charge in [0.25, 0.3) is 5.56 Å². The van der Waals surface area contributed by atoms with E-state index in [2.05, 4.69) is 17.2 Å². The standard InChI is InChI=1S/C18H20N4OS/c1-24-18-20-22-16(23)14-10-6-3-7-11-15(14)19-17(22)21(18)12-13-8-4-2-5-9-13/h2,4-5,8-9H,3,6-7,10-12H2,1H3. The molecule has 3 aromatic rings. The van der Waals surface area contributed by atoms with Crippen LogP contribution in [0.4, 0.5) is 0 Å². The van der Waals surface area contributed by atoms with Crippen molar-refractivity contribution >= 4 is 17.5 Å². The Hall–Kier alpha value is -2.08. The van der Waals surface area contributed by atoms with Gasteiger partial charge in [-0.3, -0.25) is 9.36 Å². The van der Waals surface area contributed by atoms with E-state index >= 15 is 0 Å². The molecule has 0 saturated carbocycles. The van der Waals surface area contributed by atoms with E-state index in [1.165, 1.54) is 10.1 Å². The fraction of sp³-hybridized carbons (Fsp3) is 0.389. The van der Waals surface area contributed by atoms with Gasteiger partial charge in [-0.05, 0) is 37.5 Å². The van der Waals surface area contributed by atoms with E-state index in [-0.39, 0.29) is 5.56 Å². The average molecular weight is 340 g/mol. The molecular formula is C18H20N4OS. The van der Waals surface area contributed by atoms with E-state index in [4.69, 9.17) is 4.98 Å². The first kappa shape index (κ1) is 15.4. The number of nitrogens with zero attached hydrogens (tertiary/aromatic N) is 4. The molecule has 0 fully saturated rings. The van der Waals surface area contributed by atoms with E-state index in [1.807, 2.05) is 29.0 Å². The highest BCUT2D eigenvalue weighted by Gasteiger charge is 2.20. The van der Waals surface area contributed by atoms with Gasteiger partial charge in [0.15, 0.2) is 5.16 Å². The van der Waals surface area contributed by atoms with Crippen LogP contribution in [0.5, 0.6) is 0 Å². The summed E-state index contributed by atoms with van der Waals surface area (Å²) in [6, 6.07) is 10.2. The Morgan fingerprint density at radius 1 is 1.12 bits per heavy atom. The quantitative estimate of drug-likeness (QED) is 0.543. The van der Waals surface area contributed by atoms with Crippen LogP contribution in [-0.2, 0) is 19.4 Å². The number of rotatable bonds is 3. The lowest BCUT2D eigenvalue weighted by Crippen LogP contribution is -2.23. The van der Waals surface area contributed by atoms with Gasteiger partial charge in [-0.1, -0.05) is 48.5 Å². The van der Waals surface area contributed by atoms with Gasteiger partial charge in [0.2, 0.25) is 5.78 Å². The summed E-state index contributed by atoms with van der Waals surface area (Å²) in [5.41, 5.74) is 3.03. The van der Waals surface area contributed by atoms with Crippen LogP contribution >= 0.6 is 11.8 Å². The van der Waals surface area contributed by atoms with Gasteiger partial charge in [-0.15, -0.1) is 5.10 Å². The van der Waals surface area contributed by atoms with Crippen molar-refractivity contribution in [1.82, 2.24) is 19.2 Å². The second kappa shape index (κ2) is 6.43. The average Bonchev–Trinajstić information content (AvgIpc) is 2.79. The Kier molecular flexibility index (Phi) is 4.14. The molecule has 0 saturated heterocycles. The molecule has 5 nitrogen and oxygen atoms in total. The smallest absolute Gasteiger partial charge is 0.279 e. The zero-order chi connectivity index (χ0) is 16.5. The Bertz CT molecular complexity index is 930. The van der Waals surface area contributed by atoms with Crippen LogP contribution in [0, 0.1) is 0 Å². The molecule has 0 unspecified atom stereocenters. The third-order valence-electron chi connectivity index (χ3n) is 4.59. The van der Waals surface area contributed by atoms with Crippen molar-refractivity contribution in [2.24, 2.45) is 0 Å². The van der Waals surface area contributed by atoms with Crippen molar-refractivity contribution in [3.8, 4) is 0 Å². The van der Waals surface area contributed by atoms with E-state index < -0.39 is 0 Å². The van der Waals surface area contributed by atoms with Crippen LogP contribution in [0.25, 0.3) is 5.78 Å². The third-order valence-corrected chi connectivity index (χ3v) is 5.25. The third kappa shape index (κ3) is 2.65. The number of hydrogen-bond donors (Lipinski definition) is 0. The summed E-state index contributed by atoms with van der Waals surface area (Å²) in [5, 5.41) is 5.36. The molecule has 0 atom stereocenters. The zero-order valence-electron chi connectivity index (χ0n) is 13.7. The maximum atomic E-state index is 12.9. The van der Waals surface area contributed by atoms with Crippen molar-refractivity contribution in [3.63, 3.8) is 0 Å². The minimum Gasteiger partial charge on any atom is -0.283 e. The van der Waals surface area contributed by atoms with Crippen LogP contribution in [-0.4, -0.2) is 25.4 Å². The van der Waals surface area contributed by atoms with Crippen LogP contribution in [0.2, 0.25) is 0 Å². The largest absolute Gasteiger partial charge is 0.283 e. The van der Waals surface area contributed by atoms with Crippen molar-refractivity contribution in [1.29, 1.82) is 0 Å². The van der Waals surface area contributed by atoms with E-state index in [9.17, 15) is 4.79 Å². The maximum absolute atomic E-state index is 12.9. The van der Waals surface area contributed by atoms with Crippen LogP contribution in [0.1, 0.15) is 36.1 Å². The van der Waals surface area contributed by atoms with Gasteiger partial charge in [0, 0.05) is 5.56 Å². The minimum absolute atomic E-state index is 0.0130. The van der Waals surface area contributed by atoms with Crippen LogP contribution in [0.3, 0.4) is 0 Å². The van der Waals surface area contributed by atoms with Crippen molar-refractivity contribution < 1.29 is 0 Å². The minimum atomic E-state index is 0.0130. The molecule has 24 heavy (non-hydrogen) atoms. The molecule has 0 aliphatic heterocycles. The lowest BCUT2D eigenvalue weighted by molar-refractivity contribution is 0.703. The monoisotopic (exact) mass is 340 g/mol. The summed E-state index contributed by atoms with van der Waals surface area (Å²) in [7, 11) is 0.